The first-order valence-corrected chi connectivity index (χ1v) is 6.56. The third-order valence-corrected chi connectivity index (χ3v) is 3.52. The van der Waals surface area contributed by atoms with Crippen LogP contribution in [0.4, 0.5) is 5.69 Å². The second kappa shape index (κ2) is 5.02. The molecule has 1 heterocycles. The van der Waals surface area contributed by atoms with Crippen LogP contribution in [0.25, 0.3) is 11.1 Å². The summed E-state index contributed by atoms with van der Waals surface area (Å²) in [7, 11) is 1.99. The Morgan fingerprint density at radius 1 is 1.28 bits per heavy atom. The standard InChI is InChI=1S/C14H18ClN3/c1-4-12-14(13(5-2)18(3)17-12)9-6-7-11(16)10(15)8-9/h6-8H,4-5,16H2,1-3H3. The van der Waals surface area contributed by atoms with Crippen LogP contribution in [-0.4, -0.2) is 9.78 Å². The van der Waals surface area contributed by atoms with E-state index < -0.39 is 0 Å². The molecule has 0 unspecified atom stereocenters. The number of hydrogen-bond donors (Lipinski definition) is 1. The van der Waals surface area contributed by atoms with Gasteiger partial charge in [-0.2, -0.15) is 5.10 Å². The molecular weight excluding hydrogens is 246 g/mol. The molecule has 4 heteroatoms. The van der Waals surface area contributed by atoms with E-state index in [9.17, 15) is 0 Å². The van der Waals surface area contributed by atoms with Crippen molar-refractivity contribution in [3.05, 3.63) is 34.6 Å². The second-order valence-electron chi connectivity index (χ2n) is 4.34. The third-order valence-electron chi connectivity index (χ3n) is 3.20. The molecule has 1 aromatic heterocycles. The molecule has 96 valence electrons. The van der Waals surface area contributed by atoms with Crippen molar-refractivity contribution in [3.8, 4) is 11.1 Å². The lowest BCUT2D eigenvalue weighted by atomic mass is 10.0. The highest BCUT2D eigenvalue weighted by atomic mass is 35.5. The molecule has 0 saturated carbocycles. The van der Waals surface area contributed by atoms with E-state index in [1.165, 1.54) is 11.3 Å². The fourth-order valence-electron chi connectivity index (χ4n) is 2.29. The predicted octanol–water partition coefficient (Wildman–Crippen LogP) is 3.45. The minimum Gasteiger partial charge on any atom is -0.398 e. The Labute approximate surface area is 113 Å². The predicted molar refractivity (Wildman–Crippen MR) is 76.8 cm³/mol. The first kappa shape index (κ1) is 13.0. The van der Waals surface area contributed by atoms with Gasteiger partial charge in [0.2, 0.25) is 0 Å². The number of aryl methyl sites for hydroxylation is 2. The number of halogens is 1. The normalized spacial score (nSPS) is 10.9. The van der Waals surface area contributed by atoms with E-state index in [-0.39, 0.29) is 0 Å². The summed E-state index contributed by atoms with van der Waals surface area (Å²) in [5, 5.41) is 5.17. The van der Waals surface area contributed by atoms with Crippen LogP contribution in [0.2, 0.25) is 5.02 Å². The van der Waals surface area contributed by atoms with Gasteiger partial charge in [0.1, 0.15) is 0 Å². The molecule has 0 radical (unpaired) electrons. The van der Waals surface area contributed by atoms with Crippen LogP contribution in [0.15, 0.2) is 18.2 Å². The van der Waals surface area contributed by atoms with Gasteiger partial charge in [-0.25, -0.2) is 0 Å². The molecule has 0 saturated heterocycles. The molecule has 1 aromatic carbocycles. The van der Waals surface area contributed by atoms with E-state index in [0.717, 1.165) is 24.1 Å². The summed E-state index contributed by atoms with van der Waals surface area (Å²) in [6.07, 6.45) is 1.85. The summed E-state index contributed by atoms with van der Waals surface area (Å²) in [6, 6.07) is 5.78. The minimum atomic E-state index is 0.598. The van der Waals surface area contributed by atoms with Gasteiger partial charge in [0.05, 0.1) is 16.4 Å². The average molecular weight is 264 g/mol. The molecular formula is C14H18ClN3. The van der Waals surface area contributed by atoms with E-state index >= 15 is 0 Å². The smallest absolute Gasteiger partial charge is 0.0703 e. The van der Waals surface area contributed by atoms with Crippen LogP contribution < -0.4 is 5.73 Å². The van der Waals surface area contributed by atoms with Crippen molar-refractivity contribution in [1.82, 2.24) is 9.78 Å². The number of anilines is 1. The SMILES string of the molecule is CCc1nn(C)c(CC)c1-c1ccc(N)c(Cl)c1. The van der Waals surface area contributed by atoms with E-state index in [2.05, 4.69) is 18.9 Å². The zero-order valence-corrected chi connectivity index (χ0v) is 11.8. The summed E-state index contributed by atoms with van der Waals surface area (Å²) in [5.41, 5.74) is 11.0. The van der Waals surface area contributed by atoms with E-state index in [4.69, 9.17) is 17.3 Å². The molecule has 0 aliphatic carbocycles. The Kier molecular flexibility index (Phi) is 3.62. The third kappa shape index (κ3) is 2.10. The Bertz CT molecular complexity index is 573. The number of nitrogens with two attached hydrogens (primary N) is 1. The molecule has 2 aromatic rings. The number of nitrogens with zero attached hydrogens (tertiary/aromatic N) is 2. The lowest BCUT2D eigenvalue weighted by Crippen LogP contribution is -1.97. The molecule has 3 nitrogen and oxygen atoms in total. The molecule has 0 aliphatic rings. The Morgan fingerprint density at radius 2 is 2.00 bits per heavy atom. The largest absolute Gasteiger partial charge is 0.398 e. The van der Waals surface area contributed by atoms with Crippen molar-refractivity contribution >= 4 is 17.3 Å². The molecule has 0 spiro atoms. The van der Waals surface area contributed by atoms with Gasteiger partial charge < -0.3 is 5.73 Å². The van der Waals surface area contributed by atoms with Gasteiger partial charge in [-0.15, -0.1) is 0 Å². The Morgan fingerprint density at radius 3 is 2.56 bits per heavy atom. The van der Waals surface area contributed by atoms with Gasteiger partial charge in [0.15, 0.2) is 0 Å². The maximum atomic E-state index is 6.11. The van der Waals surface area contributed by atoms with Gasteiger partial charge in [0, 0.05) is 18.3 Å². The average Bonchev–Trinajstić information content (AvgIpc) is 2.68. The Hall–Kier alpha value is -1.48. The molecule has 0 fully saturated rings. The van der Waals surface area contributed by atoms with E-state index in [0.29, 0.717) is 10.7 Å². The van der Waals surface area contributed by atoms with Crippen molar-refractivity contribution < 1.29 is 0 Å². The lowest BCUT2D eigenvalue weighted by Gasteiger charge is -2.07. The van der Waals surface area contributed by atoms with Crippen LogP contribution in [0.5, 0.6) is 0 Å². The minimum absolute atomic E-state index is 0.598. The molecule has 18 heavy (non-hydrogen) atoms. The number of nitrogen functional groups attached to an aromatic ring is 1. The summed E-state index contributed by atoms with van der Waals surface area (Å²) < 4.78 is 1.96. The van der Waals surface area contributed by atoms with Crippen LogP contribution in [0.1, 0.15) is 25.2 Å². The van der Waals surface area contributed by atoms with Crippen molar-refractivity contribution in [3.63, 3.8) is 0 Å². The number of aromatic nitrogens is 2. The maximum absolute atomic E-state index is 6.11. The Balaban J connectivity index is 2.64. The van der Waals surface area contributed by atoms with Gasteiger partial charge in [-0.3, -0.25) is 4.68 Å². The molecule has 0 aliphatic heterocycles. The monoisotopic (exact) mass is 263 g/mol. The molecule has 2 rings (SSSR count). The van der Waals surface area contributed by atoms with Crippen molar-refractivity contribution in [2.45, 2.75) is 26.7 Å². The van der Waals surface area contributed by atoms with E-state index in [1.807, 2.05) is 29.9 Å². The quantitative estimate of drug-likeness (QED) is 0.862. The summed E-state index contributed by atoms with van der Waals surface area (Å²) in [6.45, 7) is 4.25. The van der Waals surface area contributed by atoms with Crippen LogP contribution in [-0.2, 0) is 19.9 Å². The molecule has 0 atom stereocenters. The van der Waals surface area contributed by atoms with Gasteiger partial charge in [0.25, 0.3) is 0 Å². The summed E-state index contributed by atoms with van der Waals surface area (Å²) >= 11 is 6.11. The van der Waals surface area contributed by atoms with Gasteiger partial charge in [-0.05, 0) is 30.5 Å². The first-order valence-electron chi connectivity index (χ1n) is 6.18. The van der Waals surface area contributed by atoms with Crippen LogP contribution in [0, 0.1) is 0 Å². The number of rotatable bonds is 3. The topological polar surface area (TPSA) is 43.8 Å². The number of benzene rings is 1. The second-order valence-corrected chi connectivity index (χ2v) is 4.74. The summed E-state index contributed by atoms with van der Waals surface area (Å²) in [4.78, 5) is 0. The molecule has 2 N–H and O–H groups in total. The number of hydrogen-bond acceptors (Lipinski definition) is 2. The zero-order chi connectivity index (χ0) is 13.3. The lowest BCUT2D eigenvalue weighted by molar-refractivity contribution is 0.705. The van der Waals surface area contributed by atoms with Crippen molar-refractivity contribution in [2.24, 2.45) is 7.05 Å². The highest BCUT2D eigenvalue weighted by Gasteiger charge is 2.15. The van der Waals surface area contributed by atoms with Crippen molar-refractivity contribution in [2.75, 3.05) is 5.73 Å². The zero-order valence-electron chi connectivity index (χ0n) is 11.0. The highest BCUT2D eigenvalue weighted by Crippen LogP contribution is 2.32. The highest BCUT2D eigenvalue weighted by molar-refractivity contribution is 6.33. The molecule has 0 amide bonds. The maximum Gasteiger partial charge on any atom is 0.0703 e. The summed E-state index contributed by atoms with van der Waals surface area (Å²) in [5.74, 6) is 0. The van der Waals surface area contributed by atoms with Crippen molar-refractivity contribution in [1.29, 1.82) is 0 Å². The van der Waals surface area contributed by atoms with Gasteiger partial charge in [-0.1, -0.05) is 31.5 Å². The van der Waals surface area contributed by atoms with Crippen LogP contribution >= 0.6 is 11.6 Å². The molecule has 0 bridgehead atoms. The van der Waals surface area contributed by atoms with Gasteiger partial charge >= 0.3 is 0 Å². The fourth-order valence-corrected chi connectivity index (χ4v) is 2.47. The fraction of sp³-hybridized carbons (Fsp3) is 0.357. The van der Waals surface area contributed by atoms with E-state index in [1.54, 1.807) is 0 Å². The first-order chi connectivity index (χ1) is 8.58. The van der Waals surface area contributed by atoms with Crippen LogP contribution in [0.3, 0.4) is 0 Å².